The van der Waals surface area contributed by atoms with Crippen LogP contribution in [0.5, 0.6) is 0 Å². The molecule has 2 aliphatic rings. The third kappa shape index (κ3) is 8.94. The van der Waals surface area contributed by atoms with E-state index in [0.29, 0.717) is 23.3 Å². The van der Waals surface area contributed by atoms with Crippen LogP contribution < -0.4 is 17.0 Å². The molecule has 2 fully saturated rings. The number of benzene rings is 1. The summed E-state index contributed by atoms with van der Waals surface area (Å²) < 4.78 is 0. The number of aromatic amines is 1. The molecule has 9 nitrogen and oxygen atoms in total. The molecule has 1 aromatic carbocycles. The minimum atomic E-state index is -0.631. The maximum atomic E-state index is 12.0. The van der Waals surface area contributed by atoms with Crippen LogP contribution in [0.15, 0.2) is 39.0 Å². The largest absolute Gasteiger partial charge is 0.390 e. The Morgan fingerprint density at radius 3 is 2.38 bits per heavy atom. The SMILES string of the molecule is CC(C)(C)CC(=O)N1CC2[C@H](C1)C2(C)C.CCC(N)=NC.Cc1ccc2[nH]c(=O)c(C[C@@H](C#N)N=CN)cc2c1. The zero-order valence-corrected chi connectivity index (χ0v) is 25.4. The van der Waals surface area contributed by atoms with E-state index in [9.17, 15) is 9.59 Å². The van der Waals surface area contributed by atoms with Crippen molar-refractivity contribution in [3.63, 3.8) is 0 Å². The second kappa shape index (κ2) is 13.6. The number of hydrogen-bond acceptors (Lipinski definition) is 5. The summed E-state index contributed by atoms with van der Waals surface area (Å²) in [5.74, 6) is 2.63. The number of rotatable bonds is 5. The molecule has 1 aliphatic heterocycles. The van der Waals surface area contributed by atoms with Crippen LogP contribution >= 0.6 is 0 Å². The molecule has 1 aliphatic carbocycles. The first-order valence-corrected chi connectivity index (χ1v) is 13.9. The number of amidine groups is 1. The van der Waals surface area contributed by atoms with Crippen molar-refractivity contribution in [2.24, 2.45) is 44.1 Å². The summed E-state index contributed by atoms with van der Waals surface area (Å²) in [5, 5.41) is 9.88. The number of aromatic nitrogens is 1. The van der Waals surface area contributed by atoms with Crippen molar-refractivity contribution in [3.05, 3.63) is 45.7 Å². The lowest BCUT2D eigenvalue weighted by molar-refractivity contribution is -0.132. The van der Waals surface area contributed by atoms with Crippen molar-refractivity contribution in [2.45, 2.75) is 73.8 Å². The lowest BCUT2D eigenvalue weighted by Crippen LogP contribution is -2.35. The molecule has 4 rings (SSSR count). The monoisotopic (exact) mass is 549 g/mol. The molecule has 1 saturated heterocycles. The van der Waals surface area contributed by atoms with Gasteiger partial charge in [-0.2, -0.15) is 5.26 Å². The highest BCUT2D eigenvalue weighted by atomic mass is 16.2. The highest BCUT2D eigenvalue weighted by Crippen LogP contribution is 2.62. The number of nitrogens with two attached hydrogens (primary N) is 2. The van der Waals surface area contributed by atoms with Crippen LogP contribution in [0.25, 0.3) is 10.9 Å². The fourth-order valence-corrected chi connectivity index (χ4v) is 5.03. The van der Waals surface area contributed by atoms with Crippen LogP contribution in [0.1, 0.15) is 65.5 Å². The molecule has 5 N–H and O–H groups in total. The van der Waals surface area contributed by atoms with Gasteiger partial charge in [0.15, 0.2) is 0 Å². The third-order valence-corrected chi connectivity index (χ3v) is 7.71. The van der Waals surface area contributed by atoms with Crippen LogP contribution in [0, 0.1) is 40.9 Å². The van der Waals surface area contributed by atoms with E-state index in [1.54, 1.807) is 13.1 Å². The van der Waals surface area contributed by atoms with Crippen molar-refractivity contribution >= 4 is 29.0 Å². The van der Waals surface area contributed by atoms with Gasteiger partial charge in [0.1, 0.15) is 6.04 Å². The topological polar surface area (TPSA) is 154 Å². The Hall–Kier alpha value is -3.67. The van der Waals surface area contributed by atoms with Gasteiger partial charge in [0.25, 0.3) is 5.56 Å². The van der Waals surface area contributed by atoms with Gasteiger partial charge in [-0.05, 0) is 53.2 Å². The van der Waals surface area contributed by atoms with Gasteiger partial charge in [-0.1, -0.05) is 53.2 Å². The number of carbonyl (C=O) groups is 1. The number of piperidine rings is 1. The predicted molar refractivity (Wildman–Crippen MR) is 164 cm³/mol. The third-order valence-electron chi connectivity index (χ3n) is 7.71. The fraction of sp³-hybridized carbons (Fsp3) is 0.581. The van der Waals surface area contributed by atoms with Crippen LogP contribution in [-0.4, -0.2) is 54.1 Å². The van der Waals surface area contributed by atoms with E-state index in [1.165, 1.54) is 0 Å². The lowest BCUT2D eigenvalue weighted by atomic mass is 9.91. The number of amides is 1. The summed E-state index contributed by atoms with van der Waals surface area (Å²) in [6.45, 7) is 17.0. The fourth-order valence-electron chi connectivity index (χ4n) is 5.03. The minimum absolute atomic E-state index is 0.124. The average molecular weight is 550 g/mol. The zero-order chi connectivity index (χ0) is 30.3. The second-order valence-corrected chi connectivity index (χ2v) is 12.5. The number of aryl methyl sites for hydroxylation is 1. The number of likely N-dealkylation sites (tertiary alicyclic amines) is 1. The number of nitrogens with zero attached hydrogens (tertiary/aromatic N) is 4. The Balaban J connectivity index is 0.000000238. The molecule has 0 radical (unpaired) electrons. The lowest BCUT2D eigenvalue weighted by Gasteiger charge is -2.26. The summed E-state index contributed by atoms with van der Waals surface area (Å²) in [7, 11) is 1.69. The molecule has 9 heteroatoms. The molecule has 1 unspecified atom stereocenters. The highest BCUT2D eigenvalue weighted by Gasteiger charge is 2.62. The minimum Gasteiger partial charge on any atom is -0.390 e. The van der Waals surface area contributed by atoms with Gasteiger partial charge < -0.3 is 21.4 Å². The van der Waals surface area contributed by atoms with Crippen LogP contribution in [-0.2, 0) is 11.2 Å². The summed E-state index contributed by atoms with van der Waals surface area (Å²) in [5.41, 5.74) is 13.3. The molecular weight excluding hydrogens is 502 g/mol. The van der Waals surface area contributed by atoms with Crippen molar-refractivity contribution in [1.29, 1.82) is 5.26 Å². The number of nitriles is 1. The van der Waals surface area contributed by atoms with Gasteiger partial charge in [-0.25, -0.2) is 0 Å². The normalized spacial score (nSPS) is 20.1. The summed E-state index contributed by atoms with van der Waals surface area (Å²) >= 11 is 0. The second-order valence-electron chi connectivity index (χ2n) is 12.5. The van der Waals surface area contributed by atoms with Gasteiger partial charge in [0.05, 0.1) is 18.2 Å². The van der Waals surface area contributed by atoms with Crippen molar-refractivity contribution in [1.82, 2.24) is 9.88 Å². The van der Waals surface area contributed by atoms with E-state index in [2.05, 4.69) is 54.5 Å². The highest BCUT2D eigenvalue weighted by molar-refractivity contribution is 5.80. The van der Waals surface area contributed by atoms with Crippen LogP contribution in [0.4, 0.5) is 0 Å². The molecule has 218 valence electrons. The molecular formula is C31H47N7O2. The summed E-state index contributed by atoms with van der Waals surface area (Å²) in [4.78, 5) is 36.3. The maximum Gasteiger partial charge on any atom is 0.251 e. The van der Waals surface area contributed by atoms with Gasteiger partial charge in [-0.15, -0.1) is 0 Å². The predicted octanol–water partition coefficient (Wildman–Crippen LogP) is 4.18. The maximum absolute atomic E-state index is 12.0. The Bertz CT molecular complexity index is 1310. The van der Waals surface area contributed by atoms with Gasteiger partial charge in [-0.3, -0.25) is 19.6 Å². The summed E-state index contributed by atoms with van der Waals surface area (Å²) in [6, 6.07) is 8.98. The first-order valence-electron chi connectivity index (χ1n) is 13.9. The molecule has 1 aromatic heterocycles. The molecule has 3 atom stereocenters. The van der Waals surface area contributed by atoms with E-state index >= 15 is 0 Å². The van der Waals surface area contributed by atoms with Crippen molar-refractivity contribution in [3.8, 4) is 6.07 Å². The Morgan fingerprint density at radius 1 is 1.27 bits per heavy atom. The van der Waals surface area contributed by atoms with Crippen molar-refractivity contribution < 1.29 is 4.79 Å². The molecule has 2 heterocycles. The molecule has 0 bridgehead atoms. The van der Waals surface area contributed by atoms with Gasteiger partial charge in [0, 0.05) is 50.5 Å². The molecule has 1 amide bonds. The zero-order valence-electron chi connectivity index (χ0n) is 25.4. The molecule has 40 heavy (non-hydrogen) atoms. The number of aliphatic imine (C=N–C) groups is 2. The number of H-pyrrole nitrogens is 1. The Kier molecular flexibility index (Phi) is 11.1. The quantitative estimate of drug-likeness (QED) is 0.377. The van der Waals surface area contributed by atoms with E-state index in [-0.39, 0.29) is 17.4 Å². The first-order chi connectivity index (χ1) is 18.7. The van der Waals surface area contributed by atoms with Gasteiger partial charge in [0.2, 0.25) is 5.91 Å². The number of nitrogens with one attached hydrogen (secondary N) is 1. The number of hydrogen-bond donors (Lipinski definition) is 3. The summed E-state index contributed by atoms with van der Waals surface area (Å²) in [6.07, 6.45) is 2.89. The van der Waals surface area contributed by atoms with Gasteiger partial charge >= 0.3 is 0 Å². The van der Waals surface area contributed by atoms with Crippen LogP contribution in [0.2, 0.25) is 0 Å². The van der Waals surface area contributed by atoms with Crippen molar-refractivity contribution in [2.75, 3.05) is 20.1 Å². The van der Waals surface area contributed by atoms with Crippen LogP contribution in [0.3, 0.4) is 0 Å². The first kappa shape index (κ1) is 32.5. The van der Waals surface area contributed by atoms with E-state index in [4.69, 9.17) is 16.7 Å². The van der Waals surface area contributed by atoms with E-state index in [1.807, 2.05) is 38.1 Å². The average Bonchev–Trinajstić information content (AvgIpc) is 3.21. The number of pyridine rings is 1. The van der Waals surface area contributed by atoms with E-state index in [0.717, 1.165) is 60.0 Å². The Morgan fingerprint density at radius 2 is 1.90 bits per heavy atom. The smallest absolute Gasteiger partial charge is 0.251 e. The molecule has 1 saturated carbocycles. The molecule has 0 spiro atoms. The molecule has 2 aromatic rings. The number of carbonyl (C=O) groups excluding carboxylic acids is 1. The van der Waals surface area contributed by atoms with E-state index < -0.39 is 6.04 Å². The number of fused-ring (bicyclic) bond motifs is 2. The Labute approximate surface area is 238 Å². The standard InChI is InChI=1S/C14H14N4O.C13H23NO.C4H10N2/c1-9-2-3-13-10(4-9)5-11(14(19)18-13)6-12(7-15)17-8-16;1-12(2,3)6-11(15)14-7-9-10(8-14)13(9,4)5;1-3-4(5)6-2/h2-5,8,12H,6H2,1H3,(H2,16,17)(H,18,19);9-10H,6-8H2,1-5H3;3H2,1-2H3,(H2,5,6)/t12-;9-,10?;/m00./s1.